The number of nitrogens with zero attached hydrogens (tertiary/aromatic N) is 2. The van der Waals surface area contributed by atoms with Crippen LogP contribution in [-0.2, 0) is 21.2 Å². The summed E-state index contributed by atoms with van der Waals surface area (Å²) in [5.41, 5.74) is 1.32. The van der Waals surface area contributed by atoms with E-state index in [9.17, 15) is 18.0 Å². The molecular formula is C25H32N4O4S. The van der Waals surface area contributed by atoms with Gasteiger partial charge in [-0.05, 0) is 29.2 Å². The molecule has 8 nitrogen and oxygen atoms in total. The summed E-state index contributed by atoms with van der Waals surface area (Å²) in [6.07, 6.45) is 2.25. The Morgan fingerprint density at radius 2 is 1.74 bits per heavy atom. The van der Waals surface area contributed by atoms with E-state index >= 15 is 0 Å². The van der Waals surface area contributed by atoms with Crippen molar-refractivity contribution in [3.63, 3.8) is 0 Å². The van der Waals surface area contributed by atoms with Crippen LogP contribution >= 0.6 is 0 Å². The lowest BCUT2D eigenvalue weighted by Gasteiger charge is -2.35. The van der Waals surface area contributed by atoms with Crippen LogP contribution in [0, 0.1) is 0 Å². The third-order valence-electron chi connectivity index (χ3n) is 7.45. The first-order chi connectivity index (χ1) is 16.4. The Morgan fingerprint density at radius 1 is 0.971 bits per heavy atom. The quantitative estimate of drug-likeness (QED) is 0.462. The van der Waals surface area contributed by atoms with E-state index < -0.39 is 15.1 Å². The second-order valence-corrected chi connectivity index (χ2v) is 11.9. The largest absolute Gasteiger partial charge is 0.340 e. The van der Waals surface area contributed by atoms with Crippen LogP contribution in [0.15, 0.2) is 42.5 Å². The highest BCUT2D eigenvalue weighted by molar-refractivity contribution is 7.92. The number of nitrogens with one attached hydrogen (secondary N) is 2. The lowest BCUT2D eigenvalue weighted by molar-refractivity contribution is -0.133. The van der Waals surface area contributed by atoms with Crippen molar-refractivity contribution in [1.29, 1.82) is 0 Å². The first kappa shape index (κ1) is 23.1. The van der Waals surface area contributed by atoms with Gasteiger partial charge in [0.25, 0.3) is 0 Å². The molecule has 3 aliphatic rings. The molecule has 2 aromatic carbocycles. The van der Waals surface area contributed by atoms with Gasteiger partial charge in [0, 0.05) is 39.1 Å². The van der Waals surface area contributed by atoms with Gasteiger partial charge in [-0.1, -0.05) is 48.9 Å². The van der Waals surface area contributed by atoms with E-state index in [1.165, 1.54) is 16.3 Å². The lowest BCUT2D eigenvalue weighted by Crippen LogP contribution is -2.48. The number of carbonyl (C=O) groups is 2. The van der Waals surface area contributed by atoms with Gasteiger partial charge >= 0.3 is 6.03 Å². The number of hydrogen-bond donors (Lipinski definition) is 2. The van der Waals surface area contributed by atoms with E-state index in [1.807, 2.05) is 4.90 Å². The van der Waals surface area contributed by atoms with E-state index in [2.05, 4.69) is 58.0 Å². The highest BCUT2D eigenvalue weighted by Gasteiger charge is 2.51. The molecule has 3 amide bonds. The van der Waals surface area contributed by atoms with Crippen molar-refractivity contribution in [3.05, 3.63) is 48.0 Å². The average molecular weight is 485 g/mol. The van der Waals surface area contributed by atoms with Gasteiger partial charge in [0.05, 0.1) is 23.1 Å². The van der Waals surface area contributed by atoms with Crippen LogP contribution < -0.4 is 10.6 Å². The molecule has 0 saturated carbocycles. The van der Waals surface area contributed by atoms with Crippen LogP contribution in [0.2, 0.25) is 0 Å². The number of urea groups is 1. The molecule has 2 N–H and O–H groups in total. The Bertz CT molecular complexity index is 1170. The third kappa shape index (κ3) is 4.77. The second kappa shape index (κ2) is 9.54. The second-order valence-electron chi connectivity index (χ2n) is 9.66. The SMILES string of the molecule is O=C1N[C@@H]2[C@@H](CCCCC(=O)N3CCN(Cc4cccc5ccccc45)CC3)S(=O)(=O)C[C@H]2N1. The van der Waals surface area contributed by atoms with Crippen LogP contribution in [0.5, 0.6) is 0 Å². The summed E-state index contributed by atoms with van der Waals surface area (Å²) in [5.74, 6) is 0.149. The van der Waals surface area contributed by atoms with Gasteiger partial charge < -0.3 is 15.5 Å². The standard InChI is InChI=1S/C25H32N4O4S/c30-23(11-4-3-10-22-24-21(17-34(22,32)33)26-25(31)27-24)29-14-12-28(13-15-29)16-19-8-5-7-18-6-1-2-9-20(18)19/h1-2,5-9,21-22,24H,3-4,10-17H2,(H2,26,27,31)/t21-,22-,24+/m1/s1. The fourth-order valence-electron chi connectivity index (χ4n) is 5.61. The van der Waals surface area contributed by atoms with Crippen molar-refractivity contribution >= 4 is 32.5 Å². The number of fused-ring (bicyclic) bond motifs is 2. The number of unbranched alkanes of at least 4 members (excludes halogenated alkanes) is 1. The highest BCUT2D eigenvalue weighted by Crippen LogP contribution is 2.28. The summed E-state index contributed by atoms with van der Waals surface area (Å²) in [6, 6.07) is 13.9. The van der Waals surface area contributed by atoms with Gasteiger partial charge in [0.1, 0.15) is 0 Å². The van der Waals surface area contributed by atoms with Crippen molar-refractivity contribution in [2.75, 3.05) is 31.9 Å². The van der Waals surface area contributed by atoms with E-state index in [-0.39, 0.29) is 29.8 Å². The van der Waals surface area contributed by atoms with Crippen molar-refractivity contribution in [1.82, 2.24) is 20.4 Å². The molecule has 5 rings (SSSR count). The number of benzene rings is 2. The Hall–Kier alpha value is -2.65. The van der Waals surface area contributed by atoms with Crippen LogP contribution in [-0.4, -0.2) is 79.4 Å². The first-order valence-electron chi connectivity index (χ1n) is 12.2. The van der Waals surface area contributed by atoms with Gasteiger partial charge in [-0.25, -0.2) is 13.2 Å². The molecule has 0 aromatic heterocycles. The highest BCUT2D eigenvalue weighted by atomic mass is 32.2. The van der Waals surface area contributed by atoms with Crippen molar-refractivity contribution in [3.8, 4) is 0 Å². The van der Waals surface area contributed by atoms with Gasteiger partial charge in [-0.15, -0.1) is 0 Å². The molecule has 3 fully saturated rings. The zero-order valence-corrected chi connectivity index (χ0v) is 20.1. The number of rotatable bonds is 7. The van der Waals surface area contributed by atoms with Gasteiger partial charge in [-0.2, -0.15) is 0 Å². The number of sulfone groups is 1. The molecule has 0 bridgehead atoms. The lowest BCUT2D eigenvalue weighted by atomic mass is 10.0. The predicted molar refractivity (Wildman–Crippen MR) is 131 cm³/mol. The maximum Gasteiger partial charge on any atom is 0.315 e. The molecule has 2 aromatic rings. The van der Waals surface area contributed by atoms with E-state index in [4.69, 9.17) is 0 Å². The van der Waals surface area contributed by atoms with Crippen molar-refractivity contribution < 1.29 is 18.0 Å². The predicted octanol–water partition coefficient (Wildman–Crippen LogP) is 1.89. The Morgan fingerprint density at radius 3 is 2.56 bits per heavy atom. The minimum atomic E-state index is -3.21. The van der Waals surface area contributed by atoms with Crippen LogP contribution in [0.1, 0.15) is 31.2 Å². The molecule has 0 unspecified atom stereocenters. The minimum Gasteiger partial charge on any atom is -0.340 e. The van der Waals surface area contributed by atoms with Gasteiger partial charge in [0.2, 0.25) is 5.91 Å². The molecule has 0 radical (unpaired) electrons. The minimum absolute atomic E-state index is 0.00303. The molecule has 0 aliphatic carbocycles. The summed E-state index contributed by atoms with van der Waals surface area (Å²) >= 11 is 0. The van der Waals surface area contributed by atoms with Crippen LogP contribution in [0.4, 0.5) is 4.79 Å². The topological polar surface area (TPSA) is 98.8 Å². The van der Waals surface area contributed by atoms with Gasteiger partial charge in [-0.3, -0.25) is 9.69 Å². The fraction of sp³-hybridized carbons (Fsp3) is 0.520. The maximum atomic E-state index is 12.7. The zero-order chi connectivity index (χ0) is 23.7. The molecule has 9 heteroatoms. The molecule has 0 spiro atoms. The Kier molecular flexibility index (Phi) is 6.48. The number of hydrogen-bond acceptors (Lipinski definition) is 5. The fourth-order valence-corrected chi connectivity index (χ4v) is 7.88. The summed E-state index contributed by atoms with van der Waals surface area (Å²) in [6.45, 7) is 4.03. The Balaban J connectivity index is 1.06. The summed E-state index contributed by atoms with van der Waals surface area (Å²) in [5, 5.41) is 7.42. The number of amides is 3. The van der Waals surface area contributed by atoms with Gasteiger partial charge in [0.15, 0.2) is 9.84 Å². The average Bonchev–Trinajstić information content (AvgIpc) is 3.28. The molecule has 34 heavy (non-hydrogen) atoms. The van der Waals surface area contributed by atoms with E-state index in [1.54, 1.807) is 0 Å². The Labute approximate surface area is 200 Å². The molecule has 3 heterocycles. The summed E-state index contributed by atoms with van der Waals surface area (Å²) in [4.78, 5) is 28.6. The van der Waals surface area contributed by atoms with Crippen LogP contribution in [0.3, 0.4) is 0 Å². The third-order valence-corrected chi connectivity index (χ3v) is 9.72. The number of carbonyl (C=O) groups excluding carboxylic acids is 2. The first-order valence-corrected chi connectivity index (χ1v) is 13.9. The van der Waals surface area contributed by atoms with E-state index in [0.717, 1.165) is 32.7 Å². The molecular weight excluding hydrogens is 452 g/mol. The van der Waals surface area contributed by atoms with Crippen LogP contribution in [0.25, 0.3) is 10.8 Å². The normalized spacial score (nSPS) is 26.3. The molecule has 182 valence electrons. The number of piperazine rings is 1. The smallest absolute Gasteiger partial charge is 0.315 e. The maximum absolute atomic E-state index is 12.7. The summed E-state index contributed by atoms with van der Waals surface area (Å²) in [7, 11) is -3.21. The monoisotopic (exact) mass is 484 g/mol. The van der Waals surface area contributed by atoms with E-state index in [0.29, 0.717) is 25.7 Å². The summed E-state index contributed by atoms with van der Waals surface area (Å²) < 4.78 is 24.8. The molecule has 3 aliphatic heterocycles. The van der Waals surface area contributed by atoms with Crippen molar-refractivity contribution in [2.24, 2.45) is 0 Å². The molecule has 3 saturated heterocycles. The zero-order valence-electron chi connectivity index (χ0n) is 19.3. The molecule has 3 atom stereocenters. The van der Waals surface area contributed by atoms with Crippen molar-refractivity contribution in [2.45, 2.75) is 49.6 Å².